The van der Waals surface area contributed by atoms with Crippen molar-refractivity contribution in [1.82, 2.24) is 19.6 Å². The van der Waals surface area contributed by atoms with Crippen LogP contribution >= 0.6 is 35.5 Å². The summed E-state index contributed by atoms with van der Waals surface area (Å²) in [5, 5.41) is 14.4. The molecule has 0 aromatic carbocycles. The van der Waals surface area contributed by atoms with Gasteiger partial charge >= 0.3 is 0 Å². The minimum atomic E-state index is -0.707. The first kappa shape index (κ1) is 21.4. The van der Waals surface area contributed by atoms with Gasteiger partial charge in [0.1, 0.15) is 5.82 Å². The number of aliphatic hydroxyl groups is 1. The van der Waals surface area contributed by atoms with Crippen LogP contribution in [0.3, 0.4) is 0 Å². The van der Waals surface area contributed by atoms with Gasteiger partial charge in [0.05, 0.1) is 5.60 Å². The first-order valence-corrected chi connectivity index (χ1v) is 9.02. The van der Waals surface area contributed by atoms with Crippen LogP contribution in [0, 0.1) is 0 Å². The number of hydrogen-bond acceptors (Lipinski definition) is 6. The monoisotopic (exact) mass is 468 g/mol. The average Bonchev–Trinajstić information content (AvgIpc) is 3.05. The standard InChI is InChI=1S/C15H28N6OS.HI/c1-5-12-18-14(23-19-12)21-9-7-20(8-10-21)13(16-4)17-11-15(3,22)6-2;/h22H,5-11H2,1-4H3,(H,16,17);1H. The topological polar surface area (TPSA) is 76.9 Å². The molecule has 1 aliphatic heterocycles. The molecular formula is C15H29IN6OS. The molecule has 0 saturated carbocycles. The molecule has 1 aliphatic rings. The molecule has 24 heavy (non-hydrogen) atoms. The van der Waals surface area contributed by atoms with Gasteiger partial charge in [-0.05, 0) is 13.3 Å². The van der Waals surface area contributed by atoms with Gasteiger partial charge in [0.2, 0.25) is 5.13 Å². The number of rotatable bonds is 5. The summed E-state index contributed by atoms with van der Waals surface area (Å²) >= 11 is 1.48. The van der Waals surface area contributed by atoms with E-state index in [1.54, 1.807) is 7.05 Å². The van der Waals surface area contributed by atoms with Crippen LogP contribution in [0.4, 0.5) is 5.13 Å². The van der Waals surface area contributed by atoms with Gasteiger partial charge in [-0.1, -0.05) is 13.8 Å². The second-order valence-electron chi connectivity index (χ2n) is 6.07. The van der Waals surface area contributed by atoms with Gasteiger partial charge in [-0.25, -0.2) is 4.98 Å². The Morgan fingerprint density at radius 3 is 2.50 bits per heavy atom. The number of aliphatic imine (C=N–C) groups is 1. The predicted molar refractivity (Wildman–Crippen MR) is 111 cm³/mol. The normalized spacial score (nSPS) is 18.1. The maximum absolute atomic E-state index is 10.1. The van der Waals surface area contributed by atoms with Crippen LogP contribution in [-0.2, 0) is 6.42 Å². The van der Waals surface area contributed by atoms with E-state index in [-0.39, 0.29) is 24.0 Å². The van der Waals surface area contributed by atoms with Crippen molar-refractivity contribution in [2.75, 3.05) is 44.7 Å². The van der Waals surface area contributed by atoms with Gasteiger partial charge in [-0.3, -0.25) is 4.99 Å². The van der Waals surface area contributed by atoms with Crippen molar-refractivity contribution in [3.05, 3.63) is 5.82 Å². The van der Waals surface area contributed by atoms with Crippen molar-refractivity contribution in [3.8, 4) is 0 Å². The number of guanidine groups is 1. The van der Waals surface area contributed by atoms with E-state index in [0.29, 0.717) is 13.0 Å². The second kappa shape index (κ2) is 9.71. The Hall–Kier alpha value is -0.680. The van der Waals surface area contributed by atoms with Gasteiger partial charge in [0.25, 0.3) is 0 Å². The smallest absolute Gasteiger partial charge is 0.205 e. The molecule has 0 amide bonds. The van der Waals surface area contributed by atoms with Crippen LogP contribution in [0.1, 0.15) is 33.0 Å². The molecule has 1 atom stereocenters. The lowest BCUT2D eigenvalue weighted by Crippen LogP contribution is -2.54. The van der Waals surface area contributed by atoms with Gasteiger partial charge in [0, 0.05) is 57.7 Å². The molecule has 0 spiro atoms. The number of aryl methyl sites for hydroxylation is 1. The fourth-order valence-electron chi connectivity index (χ4n) is 2.35. The van der Waals surface area contributed by atoms with Crippen molar-refractivity contribution in [3.63, 3.8) is 0 Å². The van der Waals surface area contributed by atoms with E-state index in [9.17, 15) is 5.11 Å². The van der Waals surface area contributed by atoms with E-state index < -0.39 is 5.60 Å². The Bertz CT molecular complexity index is 528. The zero-order chi connectivity index (χ0) is 16.9. The van der Waals surface area contributed by atoms with Crippen molar-refractivity contribution >= 4 is 46.6 Å². The Morgan fingerprint density at radius 2 is 2.00 bits per heavy atom. The average molecular weight is 468 g/mol. The number of anilines is 1. The third-order valence-corrected chi connectivity index (χ3v) is 5.04. The van der Waals surface area contributed by atoms with Gasteiger partial charge < -0.3 is 20.2 Å². The third kappa shape index (κ3) is 5.69. The maximum Gasteiger partial charge on any atom is 0.205 e. The maximum atomic E-state index is 10.1. The molecule has 138 valence electrons. The van der Waals surface area contributed by atoms with Crippen molar-refractivity contribution in [1.29, 1.82) is 0 Å². The molecule has 7 nitrogen and oxygen atoms in total. The summed E-state index contributed by atoms with van der Waals surface area (Å²) in [4.78, 5) is 13.4. The van der Waals surface area contributed by atoms with E-state index in [2.05, 4.69) is 36.4 Å². The minimum Gasteiger partial charge on any atom is -0.388 e. The van der Waals surface area contributed by atoms with Gasteiger partial charge in [-0.15, -0.1) is 24.0 Å². The zero-order valence-electron chi connectivity index (χ0n) is 14.9. The number of piperazine rings is 1. The Balaban J connectivity index is 0.00000288. The lowest BCUT2D eigenvalue weighted by Gasteiger charge is -2.37. The first-order valence-electron chi connectivity index (χ1n) is 8.24. The summed E-state index contributed by atoms with van der Waals surface area (Å²) in [6.45, 7) is 9.98. The molecule has 9 heteroatoms. The molecule has 0 aliphatic carbocycles. The molecule has 1 saturated heterocycles. The Labute approximate surface area is 165 Å². The molecule has 1 aromatic heterocycles. The number of nitrogens with one attached hydrogen (secondary N) is 1. The minimum absolute atomic E-state index is 0. The summed E-state index contributed by atoms with van der Waals surface area (Å²) in [5.74, 6) is 1.77. The summed E-state index contributed by atoms with van der Waals surface area (Å²) < 4.78 is 4.36. The number of nitrogens with zero attached hydrogens (tertiary/aromatic N) is 5. The summed E-state index contributed by atoms with van der Waals surface area (Å²) in [6, 6.07) is 0. The summed E-state index contributed by atoms with van der Waals surface area (Å²) in [7, 11) is 1.79. The third-order valence-electron chi connectivity index (χ3n) is 4.22. The Morgan fingerprint density at radius 1 is 1.33 bits per heavy atom. The molecule has 1 unspecified atom stereocenters. The van der Waals surface area contributed by atoms with Gasteiger partial charge in [0.15, 0.2) is 5.96 Å². The lowest BCUT2D eigenvalue weighted by molar-refractivity contribution is 0.0596. The zero-order valence-corrected chi connectivity index (χ0v) is 18.1. The molecule has 2 rings (SSSR count). The molecule has 2 N–H and O–H groups in total. The highest BCUT2D eigenvalue weighted by Crippen LogP contribution is 2.19. The van der Waals surface area contributed by atoms with Gasteiger partial charge in [-0.2, -0.15) is 4.37 Å². The highest BCUT2D eigenvalue weighted by molar-refractivity contribution is 14.0. The first-order chi connectivity index (χ1) is 11.0. The molecule has 1 aromatic rings. The number of aromatic nitrogens is 2. The molecular weight excluding hydrogens is 439 g/mol. The van der Waals surface area contributed by atoms with Crippen molar-refractivity contribution in [2.45, 2.75) is 39.2 Å². The van der Waals surface area contributed by atoms with Crippen LogP contribution in [0.25, 0.3) is 0 Å². The van der Waals surface area contributed by atoms with E-state index >= 15 is 0 Å². The van der Waals surface area contributed by atoms with Crippen LogP contribution in [0.15, 0.2) is 4.99 Å². The van der Waals surface area contributed by atoms with E-state index in [1.807, 2.05) is 13.8 Å². The SMILES string of the molecule is CCc1nsc(N2CCN(C(=NC)NCC(C)(O)CC)CC2)n1.I. The summed E-state index contributed by atoms with van der Waals surface area (Å²) in [5.41, 5.74) is -0.707. The van der Waals surface area contributed by atoms with Crippen molar-refractivity contribution < 1.29 is 5.11 Å². The highest BCUT2D eigenvalue weighted by Gasteiger charge is 2.24. The molecule has 1 fully saturated rings. The predicted octanol–water partition coefficient (Wildman–Crippen LogP) is 1.58. The van der Waals surface area contributed by atoms with Crippen LogP contribution < -0.4 is 10.2 Å². The number of halogens is 1. The van der Waals surface area contributed by atoms with E-state index in [4.69, 9.17) is 0 Å². The fourth-order valence-corrected chi connectivity index (χ4v) is 3.15. The second-order valence-corrected chi connectivity index (χ2v) is 6.80. The molecule has 0 bridgehead atoms. The number of hydrogen-bond donors (Lipinski definition) is 2. The Kier molecular flexibility index (Phi) is 8.65. The fraction of sp³-hybridized carbons (Fsp3) is 0.800. The quantitative estimate of drug-likeness (QED) is 0.388. The molecule has 0 radical (unpaired) electrons. The van der Waals surface area contributed by atoms with Crippen LogP contribution in [0.2, 0.25) is 0 Å². The van der Waals surface area contributed by atoms with Crippen molar-refractivity contribution in [2.24, 2.45) is 4.99 Å². The van der Waals surface area contributed by atoms with E-state index in [0.717, 1.165) is 49.5 Å². The lowest BCUT2D eigenvalue weighted by atomic mass is 10.0. The van der Waals surface area contributed by atoms with Crippen LogP contribution in [-0.4, -0.2) is 70.7 Å². The largest absolute Gasteiger partial charge is 0.388 e. The van der Waals surface area contributed by atoms with E-state index in [1.165, 1.54) is 11.5 Å². The van der Waals surface area contributed by atoms with Crippen LogP contribution in [0.5, 0.6) is 0 Å². The highest BCUT2D eigenvalue weighted by atomic mass is 127. The summed E-state index contributed by atoms with van der Waals surface area (Å²) in [6.07, 6.45) is 1.59. The molecule has 2 heterocycles.